The zero-order chi connectivity index (χ0) is 11.1. The minimum atomic E-state index is 0.0966. The SMILES string of the molecule is CNc1cc2c(cc1C(C)(C)C)OCO2. The second-order valence-corrected chi connectivity index (χ2v) is 4.75. The van der Waals surface area contributed by atoms with Gasteiger partial charge in [0.15, 0.2) is 11.5 Å². The fraction of sp³-hybridized carbons (Fsp3) is 0.500. The van der Waals surface area contributed by atoms with Gasteiger partial charge in [0, 0.05) is 18.8 Å². The van der Waals surface area contributed by atoms with Gasteiger partial charge < -0.3 is 14.8 Å². The lowest BCUT2D eigenvalue weighted by molar-refractivity contribution is 0.174. The highest BCUT2D eigenvalue weighted by atomic mass is 16.7. The minimum absolute atomic E-state index is 0.0966. The van der Waals surface area contributed by atoms with Gasteiger partial charge in [0.2, 0.25) is 6.79 Å². The van der Waals surface area contributed by atoms with Crippen molar-refractivity contribution in [1.29, 1.82) is 0 Å². The lowest BCUT2D eigenvalue weighted by atomic mass is 9.85. The second kappa shape index (κ2) is 3.33. The van der Waals surface area contributed by atoms with Crippen LogP contribution in [0.4, 0.5) is 5.69 Å². The summed E-state index contributed by atoms with van der Waals surface area (Å²) in [5.74, 6) is 1.67. The van der Waals surface area contributed by atoms with Gasteiger partial charge in [-0.25, -0.2) is 0 Å². The fourth-order valence-electron chi connectivity index (χ4n) is 1.77. The van der Waals surface area contributed by atoms with Crippen molar-refractivity contribution < 1.29 is 9.47 Å². The molecule has 1 aromatic rings. The van der Waals surface area contributed by atoms with Crippen molar-refractivity contribution in [2.75, 3.05) is 19.2 Å². The van der Waals surface area contributed by atoms with Gasteiger partial charge in [0.05, 0.1) is 0 Å². The van der Waals surface area contributed by atoms with E-state index < -0.39 is 0 Å². The Balaban J connectivity index is 2.54. The molecule has 0 aliphatic carbocycles. The second-order valence-electron chi connectivity index (χ2n) is 4.75. The molecular formula is C12H17NO2. The Morgan fingerprint density at radius 2 is 1.73 bits per heavy atom. The maximum Gasteiger partial charge on any atom is 0.231 e. The van der Waals surface area contributed by atoms with Crippen LogP contribution in [0.3, 0.4) is 0 Å². The van der Waals surface area contributed by atoms with Crippen molar-refractivity contribution in [3.8, 4) is 11.5 Å². The van der Waals surface area contributed by atoms with Crippen molar-refractivity contribution >= 4 is 5.69 Å². The van der Waals surface area contributed by atoms with Gasteiger partial charge in [0.25, 0.3) is 0 Å². The summed E-state index contributed by atoms with van der Waals surface area (Å²) in [5, 5.41) is 3.20. The quantitative estimate of drug-likeness (QED) is 0.768. The maximum atomic E-state index is 5.38. The van der Waals surface area contributed by atoms with E-state index in [1.54, 1.807) is 0 Å². The third-order valence-electron chi connectivity index (χ3n) is 2.59. The first-order chi connectivity index (χ1) is 7.02. The highest BCUT2D eigenvalue weighted by Gasteiger charge is 2.23. The van der Waals surface area contributed by atoms with Gasteiger partial charge in [-0.1, -0.05) is 20.8 Å². The number of benzene rings is 1. The number of hydrogen-bond donors (Lipinski definition) is 1. The summed E-state index contributed by atoms with van der Waals surface area (Å²) >= 11 is 0. The zero-order valence-corrected chi connectivity index (χ0v) is 9.68. The molecule has 1 aliphatic rings. The van der Waals surface area contributed by atoms with E-state index in [2.05, 4.69) is 32.2 Å². The molecular weight excluding hydrogens is 190 g/mol. The van der Waals surface area contributed by atoms with Crippen LogP contribution >= 0.6 is 0 Å². The summed E-state index contributed by atoms with van der Waals surface area (Å²) in [6.07, 6.45) is 0. The van der Waals surface area contributed by atoms with Crippen molar-refractivity contribution in [1.82, 2.24) is 0 Å². The fourth-order valence-corrected chi connectivity index (χ4v) is 1.77. The topological polar surface area (TPSA) is 30.5 Å². The lowest BCUT2D eigenvalue weighted by Crippen LogP contribution is -2.13. The molecule has 1 N–H and O–H groups in total. The molecule has 0 atom stereocenters. The number of ether oxygens (including phenoxy) is 2. The molecule has 0 radical (unpaired) electrons. The summed E-state index contributed by atoms with van der Waals surface area (Å²) in [6, 6.07) is 4.07. The highest BCUT2D eigenvalue weighted by Crippen LogP contribution is 2.41. The van der Waals surface area contributed by atoms with Crippen LogP contribution in [-0.2, 0) is 5.41 Å². The molecule has 0 fully saturated rings. The number of hydrogen-bond acceptors (Lipinski definition) is 3. The summed E-state index contributed by atoms with van der Waals surface area (Å²) in [4.78, 5) is 0. The van der Waals surface area contributed by atoms with E-state index in [1.807, 2.05) is 13.1 Å². The van der Waals surface area contributed by atoms with Crippen LogP contribution in [0.15, 0.2) is 12.1 Å². The molecule has 1 aliphatic heterocycles. The normalized spacial score (nSPS) is 14.1. The van der Waals surface area contributed by atoms with Crippen molar-refractivity contribution in [2.45, 2.75) is 26.2 Å². The van der Waals surface area contributed by atoms with E-state index in [9.17, 15) is 0 Å². The molecule has 2 rings (SSSR count). The van der Waals surface area contributed by atoms with Gasteiger partial charge in [-0.3, -0.25) is 0 Å². The van der Waals surface area contributed by atoms with Crippen LogP contribution in [0.25, 0.3) is 0 Å². The summed E-state index contributed by atoms with van der Waals surface area (Å²) < 4.78 is 10.7. The predicted octanol–water partition coefficient (Wildman–Crippen LogP) is 2.75. The number of anilines is 1. The van der Waals surface area contributed by atoms with E-state index in [0.29, 0.717) is 6.79 Å². The number of fused-ring (bicyclic) bond motifs is 1. The Labute approximate surface area is 90.4 Å². The minimum Gasteiger partial charge on any atom is -0.454 e. The molecule has 3 heteroatoms. The Morgan fingerprint density at radius 3 is 2.27 bits per heavy atom. The van der Waals surface area contributed by atoms with Crippen LogP contribution in [-0.4, -0.2) is 13.8 Å². The van der Waals surface area contributed by atoms with Crippen LogP contribution in [0, 0.1) is 0 Å². The molecule has 0 amide bonds. The predicted molar refractivity (Wildman–Crippen MR) is 60.8 cm³/mol. The molecule has 1 aromatic carbocycles. The molecule has 15 heavy (non-hydrogen) atoms. The van der Waals surface area contributed by atoms with E-state index >= 15 is 0 Å². The largest absolute Gasteiger partial charge is 0.454 e. The maximum absolute atomic E-state index is 5.38. The lowest BCUT2D eigenvalue weighted by Gasteiger charge is -2.23. The van der Waals surface area contributed by atoms with E-state index in [4.69, 9.17) is 9.47 Å². The van der Waals surface area contributed by atoms with E-state index in [-0.39, 0.29) is 5.41 Å². The van der Waals surface area contributed by atoms with Crippen molar-refractivity contribution in [2.24, 2.45) is 0 Å². The van der Waals surface area contributed by atoms with Gasteiger partial charge in [-0.2, -0.15) is 0 Å². The Morgan fingerprint density at radius 1 is 1.13 bits per heavy atom. The van der Waals surface area contributed by atoms with E-state index in [0.717, 1.165) is 17.2 Å². The average molecular weight is 207 g/mol. The highest BCUT2D eigenvalue weighted by molar-refractivity contribution is 5.63. The molecule has 1 heterocycles. The Hall–Kier alpha value is -1.38. The summed E-state index contributed by atoms with van der Waals surface area (Å²) in [7, 11) is 1.92. The molecule has 0 saturated carbocycles. The third kappa shape index (κ3) is 1.74. The molecule has 0 spiro atoms. The standard InChI is InChI=1S/C12H17NO2/c1-12(2,3)8-5-10-11(15-7-14-10)6-9(8)13-4/h5-6,13H,7H2,1-4H3. The molecule has 0 bridgehead atoms. The third-order valence-corrected chi connectivity index (χ3v) is 2.59. The molecule has 82 valence electrons. The van der Waals surface area contributed by atoms with Gasteiger partial charge >= 0.3 is 0 Å². The van der Waals surface area contributed by atoms with Crippen molar-refractivity contribution in [3.05, 3.63) is 17.7 Å². The van der Waals surface area contributed by atoms with Crippen LogP contribution in [0.1, 0.15) is 26.3 Å². The molecule has 3 nitrogen and oxygen atoms in total. The molecule has 0 aromatic heterocycles. The van der Waals surface area contributed by atoms with E-state index in [1.165, 1.54) is 5.56 Å². The first kappa shape index (κ1) is 10.1. The first-order valence-electron chi connectivity index (χ1n) is 5.14. The summed E-state index contributed by atoms with van der Waals surface area (Å²) in [5.41, 5.74) is 2.44. The number of nitrogens with one attached hydrogen (secondary N) is 1. The average Bonchev–Trinajstić information content (AvgIpc) is 2.60. The molecule has 0 unspecified atom stereocenters. The van der Waals surface area contributed by atoms with Crippen LogP contribution < -0.4 is 14.8 Å². The van der Waals surface area contributed by atoms with Crippen molar-refractivity contribution in [3.63, 3.8) is 0 Å². The van der Waals surface area contributed by atoms with Gasteiger partial charge in [-0.15, -0.1) is 0 Å². The van der Waals surface area contributed by atoms with Gasteiger partial charge in [0.1, 0.15) is 0 Å². The first-order valence-corrected chi connectivity index (χ1v) is 5.14. The zero-order valence-electron chi connectivity index (χ0n) is 9.68. The van der Waals surface area contributed by atoms with Crippen LogP contribution in [0.2, 0.25) is 0 Å². The summed E-state index contributed by atoms with van der Waals surface area (Å²) in [6.45, 7) is 6.88. The smallest absolute Gasteiger partial charge is 0.231 e. The Kier molecular flexibility index (Phi) is 2.25. The van der Waals surface area contributed by atoms with Gasteiger partial charge in [-0.05, 0) is 17.0 Å². The monoisotopic (exact) mass is 207 g/mol. The number of rotatable bonds is 1. The Bertz CT molecular complexity index is 380. The molecule has 0 saturated heterocycles. The van der Waals surface area contributed by atoms with Crippen LogP contribution in [0.5, 0.6) is 11.5 Å².